The molecular weight excluding hydrogens is 713 g/mol. The number of hydrogen-bond donors (Lipinski definition) is 0. The van der Waals surface area contributed by atoms with Crippen LogP contribution in [-0.4, -0.2) is 59.4 Å². The molecule has 0 aromatic heterocycles. The van der Waals surface area contributed by atoms with Crippen LogP contribution in [0.25, 0.3) is 0 Å². The van der Waals surface area contributed by atoms with Gasteiger partial charge < -0.3 is 18.9 Å². The molecule has 0 aromatic carbocycles. The molecule has 0 atom stereocenters. The van der Waals surface area contributed by atoms with Crippen molar-refractivity contribution >= 4 is 20.4 Å². The Kier molecular flexibility index (Phi) is 53.3. The van der Waals surface area contributed by atoms with Crippen LogP contribution in [0, 0.1) is 0 Å². The van der Waals surface area contributed by atoms with E-state index in [-0.39, 0.29) is 32.9 Å². The van der Waals surface area contributed by atoms with E-state index in [1.165, 1.54) is 253 Å². The number of rotatable bonds is 52. The van der Waals surface area contributed by atoms with Gasteiger partial charge in [-0.1, -0.05) is 233 Å². The molecule has 0 bridgehead atoms. The molecule has 4 nitrogen and oxygen atoms in total. The molecule has 57 heavy (non-hydrogen) atoms. The van der Waals surface area contributed by atoms with E-state index in [1.54, 1.807) is 0 Å². The molecule has 0 fully saturated rings. The summed E-state index contributed by atoms with van der Waals surface area (Å²) in [6, 6.07) is 0. The number of unbranched alkanes of at least 4 members (excludes halogenated alkanes) is 32. The maximum absolute atomic E-state index is 6.33. The van der Waals surface area contributed by atoms with Gasteiger partial charge in [-0.25, -0.2) is 0 Å². The lowest BCUT2D eigenvalue weighted by Gasteiger charge is -2.19. The van der Waals surface area contributed by atoms with Crippen molar-refractivity contribution in [2.75, 3.05) is 26.4 Å². The SMILES string of the molecule is CCCCCCCCCCOC(CCCC[CH2][Mg][CH2]CCCCC(OCCCCCCCCCC)OCCCCCCCCCC)OCCCCCCCCCC. The molecule has 0 aromatic rings. The van der Waals surface area contributed by atoms with Crippen LogP contribution < -0.4 is 0 Å². The van der Waals surface area contributed by atoms with E-state index in [1.807, 2.05) is 0 Å². The van der Waals surface area contributed by atoms with Crippen molar-refractivity contribution < 1.29 is 18.9 Å². The van der Waals surface area contributed by atoms with E-state index in [2.05, 4.69) is 27.7 Å². The zero-order valence-electron chi connectivity index (χ0n) is 40.0. The van der Waals surface area contributed by atoms with Crippen LogP contribution in [0.15, 0.2) is 0 Å². The summed E-state index contributed by atoms with van der Waals surface area (Å²) in [5, 5.41) is 0. The highest BCUT2D eigenvalue weighted by Gasteiger charge is 2.11. The van der Waals surface area contributed by atoms with Crippen molar-refractivity contribution in [3.05, 3.63) is 0 Å². The smallest absolute Gasteiger partial charge is 0.353 e. The number of hydrogen-bond acceptors (Lipinski definition) is 4. The Labute approximate surface area is 370 Å². The standard InChI is InChI=1S/2C26H53O2.Mg/c2*1-4-7-10-12-14-16-18-21-24-27-26(23-20-9-6-3)28-25-22-19-17-15-13-11-8-5-2;/h2*26H,3-25H2,1-2H3;. The minimum atomic E-state index is 0.0220. The van der Waals surface area contributed by atoms with Gasteiger partial charge in [0, 0.05) is 26.4 Å². The first-order chi connectivity index (χ1) is 28.3. The molecule has 0 saturated heterocycles. The molecule has 0 unspecified atom stereocenters. The van der Waals surface area contributed by atoms with Crippen molar-refractivity contribution in [2.45, 2.75) is 306 Å². The first-order valence-corrected chi connectivity index (χ1v) is 28.7. The Hall–Kier alpha value is 0.606. The van der Waals surface area contributed by atoms with Gasteiger partial charge in [0.15, 0.2) is 12.6 Å². The maximum atomic E-state index is 6.33. The molecule has 0 saturated carbocycles. The minimum absolute atomic E-state index is 0.0220. The fourth-order valence-corrected chi connectivity index (χ4v) is 9.86. The molecule has 0 aliphatic heterocycles. The zero-order valence-corrected chi connectivity index (χ0v) is 41.4. The third-order valence-corrected chi connectivity index (χ3v) is 14.1. The van der Waals surface area contributed by atoms with E-state index >= 15 is 0 Å². The van der Waals surface area contributed by atoms with E-state index in [4.69, 9.17) is 18.9 Å². The lowest BCUT2D eigenvalue weighted by Crippen LogP contribution is -2.19. The summed E-state index contributed by atoms with van der Waals surface area (Å²) >= 11 is 0.0756. The first-order valence-electron chi connectivity index (χ1n) is 26.7. The number of ether oxygens (including phenoxy) is 4. The van der Waals surface area contributed by atoms with Gasteiger partial charge in [-0.15, -0.1) is 9.10 Å². The predicted octanol–water partition coefficient (Wildman–Crippen LogP) is 17.9. The van der Waals surface area contributed by atoms with Gasteiger partial charge >= 0.3 is 20.4 Å². The molecule has 0 rings (SSSR count). The summed E-state index contributed by atoms with van der Waals surface area (Å²) in [7, 11) is 0. The highest BCUT2D eigenvalue weighted by atomic mass is 24.5. The highest BCUT2D eigenvalue weighted by Crippen LogP contribution is 2.17. The topological polar surface area (TPSA) is 36.9 Å². The molecule has 0 aliphatic rings. The lowest BCUT2D eigenvalue weighted by atomic mass is 10.1. The Bertz CT molecular complexity index is 593. The van der Waals surface area contributed by atoms with Gasteiger partial charge in [0.25, 0.3) is 0 Å². The predicted molar refractivity (Wildman–Crippen MR) is 254 cm³/mol. The van der Waals surface area contributed by atoms with Crippen LogP contribution in [0.5, 0.6) is 0 Å². The van der Waals surface area contributed by atoms with Crippen LogP contribution >= 0.6 is 0 Å². The summed E-state index contributed by atoms with van der Waals surface area (Å²) in [6.45, 7) is 12.7. The zero-order chi connectivity index (χ0) is 41.2. The second kappa shape index (κ2) is 52.7. The summed E-state index contributed by atoms with van der Waals surface area (Å²) in [4.78, 5) is 0. The van der Waals surface area contributed by atoms with Crippen molar-refractivity contribution in [2.24, 2.45) is 0 Å². The second-order valence-corrected chi connectivity index (χ2v) is 20.1. The van der Waals surface area contributed by atoms with Gasteiger partial charge in [0.1, 0.15) is 0 Å². The van der Waals surface area contributed by atoms with E-state index in [0.717, 1.165) is 39.3 Å². The summed E-state index contributed by atoms with van der Waals surface area (Å²) in [5.74, 6) is 0. The summed E-state index contributed by atoms with van der Waals surface area (Å²) in [6.07, 6.45) is 53.5. The van der Waals surface area contributed by atoms with Crippen LogP contribution in [0.3, 0.4) is 0 Å². The fourth-order valence-electron chi connectivity index (χ4n) is 8.09. The lowest BCUT2D eigenvalue weighted by molar-refractivity contribution is -0.148. The van der Waals surface area contributed by atoms with E-state index < -0.39 is 0 Å². The molecule has 5 heteroatoms. The summed E-state index contributed by atoms with van der Waals surface area (Å²) < 4.78 is 28.3. The molecule has 0 N–H and O–H groups in total. The summed E-state index contributed by atoms with van der Waals surface area (Å²) in [5.41, 5.74) is 0. The Morgan fingerprint density at radius 1 is 0.246 bits per heavy atom. The Morgan fingerprint density at radius 2 is 0.456 bits per heavy atom. The highest BCUT2D eigenvalue weighted by molar-refractivity contribution is 6.35. The Morgan fingerprint density at radius 3 is 0.702 bits per heavy atom. The third-order valence-electron chi connectivity index (χ3n) is 12.1. The molecule has 0 amide bonds. The average Bonchev–Trinajstić information content (AvgIpc) is 3.22. The third kappa shape index (κ3) is 49.1. The van der Waals surface area contributed by atoms with Gasteiger partial charge in [0.05, 0.1) is 0 Å². The van der Waals surface area contributed by atoms with Crippen LogP contribution in [0.4, 0.5) is 0 Å². The van der Waals surface area contributed by atoms with Crippen molar-refractivity contribution in [1.29, 1.82) is 0 Å². The van der Waals surface area contributed by atoms with Crippen LogP contribution in [0.1, 0.15) is 285 Å². The van der Waals surface area contributed by atoms with Crippen LogP contribution in [0.2, 0.25) is 9.10 Å². The van der Waals surface area contributed by atoms with E-state index in [9.17, 15) is 0 Å². The molecule has 0 radical (unpaired) electrons. The van der Waals surface area contributed by atoms with Gasteiger partial charge in [-0.2, -0.15) is 0 Å². The first kappa shape index (κ1) is 57.6. The van der Waals surface area contributed by atoms with Gasteiger partial charge in [0.2, 0.25) is 0 Å². The van der Waals surface area contributed by atoms with Gasteiger partial charge in [-0.05, 0) is 51.4 Å². The maximum Gasteiger partial charge on any atom is 0.364 e. The van der Waals surface area contributed by atoms with Crippen molar-refractivity contribution in [1.82, 2.24) is 0 Å². The van der Waals surface area contributed by atoms with E-state index in [0.29, 0.717) is 0 Å². The molecular formula is C52H106MgO4. The normalized spacial score (nSPS) is 11.8. The van der Waals surface area contributed by atoms with Gasteiger partial charge in [-0.3, -0.25) is 0 Å². The van der Waals surface area contributed by atoms with Crippen molar-refractivity contribution in [3.63, 3.8) is 0 Å². The molecule has 0 heterocycles. The fraction of sp³-hybridized carbons (Fsp3) is 1.00. The average molecular weight is 820 g/mol. The molecule has 340 valence electrons. The molecule has 0 aliphatic carbocycles. The second-order valence-electron chi connectivity index (χ2n) is 18.0. The van der Waals surface area contributed by atoms with Crippen molar-refractivity contribution in [3.8, 4) is 0 Å². The minimum Gasteiger partial charge on any atom is -0.353 e. The monoisotopic (exact) mass is 819 g/mol. The molecule has 0 spiro atoms. The Balaban J connectivity index is 4.20. The van der Waals surface area contributed by atoms with Crippen LogP contribution in [-0.2, 0) is 18.9 Å². The quantitative estimate of drug-likeness (QED) is 0.0348. The largest absolute Gasteiger partial charge is 0.364 e.